The van der Waals surface area contributed by atoms with Gasteiger partial charge in [-0.25, -0.2) is 4.39 Å². The summed E-state index contributed by atoms with van der Waals surface area (Å²) in [6, 6.07) is 12.4. The normalized spacial score (nSPS) is 20.1. The molecule has 2 N–H and O–H groups in total. The molecule has 0 aromatic heterocycles. The van der Waals surface area contributed by atoms with Crippen LogP contribution >= 0.6 is 0 Å². The topological polar surface area (TPSA) is 95.7 Å². The van der Waals surface area contributed by atoms with Gasteiger partial charge < -0.3 is 14.7 Å². The van der Waals surface area contributed by atoms with Crippen molar-refractivity contribution in [1.29, 1.82) is 0 Å². The molecule has 0 spiro atoms. The van der Waals surface area contributed by atoms with E-state index in [-0.39, 0.29) is 11.1 Å². The van der Waals surface area contributed by atoms with E-state index in [1.807, 2.05) is 0 Å². The van der Waals surface area contributed by atoms with Gasteiger partial charge in [0.05, 0.1) is 20.2 Å². The molecule has 0 aliphatic carbocycles. The third-order valence-corrected chi connectivity index (χ3v) is 5.59. The summed E-state index contributed by atoms with van der Waals surface area (Å²) in [5, 5.41) is 0. The standard InChI is InChI=1S/C17H11B3FNO5S/c18-16(11-8-4-5-9-12(11)21)14(23)13(15(22)26-16)27-28(24,25)17(19,20)10-6-2-1-3-7-10/h1-9H,22H2. The number of nitrogens with two attached hydrogens (primary N) is 1. The third-order valence-electron chi connectivity index (χ3n) is 4.14. The Hall–Kier alpha value is -2.68. The Bertz CT molecular complexity index is 1080. The monoisotopic (exact) mass is 393 g/mol. The molecule has 0 saturated carbocycles. The maximum absolute atomic E-state index is 14.1. The predicted octanol–water partition coefficient (Wildman–Crippen LogP) is 0.368. The number of rotatable bonds is 5. The molecule has 136 valence electrons. The zero-order valence-electron chi connectivity index (χ0n) is 14.3. The highest BCUT2D eigenvalue weighted by Crippen LogP contribution is 2.38. The van der Waals surface area contributed by atoms with Crippen LogP contribution in [-0.4, -0.2) is 37.7 Å². The first-order chi connectivity index (χ1) is 13.0. The van der Waals surface area contributed by atoms with Crippen molar-refractivity contribution in [1.82, 2.24) is 0 Å². The zero-order valence-corrected chi connectivity index (χ0v) is 15.1. The predicted molar refractivity (Wildman–Crippen MR) is 101 cm³/mol. The fourth-order valence-electron chi connectivity index (χ4n) is 2.59. The molecule has 28 heavy (non-hydrogen) atoms. The Kier molecular flexibility index (Phi) is 4.83. The van der Waals surface area contributed by atoms with E-state index in [4.69, 9.17) is 38.2 Å². The van der Waals surface area contributed by atoms with Crippen LogP contribution in [0.2, 0.25) is 0 Å². The number of halogens is 1. The van der Waals surface area contributed by atoms with Crippen LogP contribution < -0.4 is 5.73 Å². The molecule has 1 aliphatic heterocycles. The van der Waals surface area contributed by atoms with Crippen molar-refractivity contribution in [3.63, 3.8) is 0 Å². The number of benzene rings is 2. The summed E-state index contributed by atoms with van der Waals surface area (Å²) >= 11 is 0. The summed E-state index contributed by atoms with van der Waals surface area (Å²) in [5.74, 6) is -3.75. The molecule has 3 rings (SSSR count). The molecule has 1 unspecified atom stereocenters. The van der Waals surface area contributed by atoms with Crippen molar-refractivity contribution in [3.8, 4) is 0 Å². The second kappa shape index (κ2) is 6.74. The van der Waals surface area contributed by atoms with Gasteiger partial charge in [0, 0.05) is 5.56 Å². The van der Waals surface area contributed by atoms with Crippen LogP contribution in [0.5, 0.6) is 0 Å². The molecule has 1 aliphatic rings. The highest BCUT2D eigenvalue weighted by Gasteiger charge is 2.51. The van der Waals surface area contributed by atoms with Gasteiger partial charge >= 0.3 is 10.1 Å². The van der Waals surface area contributed by atoms with Gasteiger partial charge in [0.25, 0.3) is 0 Å². The van der Waals surface area contributed by atoms with E-state index in [1.54, 1.807) is 6.07 Å². The largest absolute Gasteiger partial charge is 0.467 e. The van der Waals surface area contributed by atoms with E-state index >= 15 is 0 Å². The second-order valence-electron chi connectivity index (χ2n) is 6.04. The molecule has 2 aromatic carbocycles. The minimum Gasteiger partial charge on any atom is -0.467 e. The van der Waals surface area contributed by atoms with Crippen LogP contribution in [0, 0.1) is 5.82 Å². The molecule has 0 bridgehead atoms. The van der Waals surface area contributed by atoms with Gasteiger partial charge in [-0.2, -0.15) is 8.42 Å². The van der Waals surface area contributed by atoms with Crippen LogP contribution in [0.3, 0.4) is 0 Å². The zero-order chi connectivity index (χ0) is 20.7. The number of hydrogen-bond donors (Lipinski definition) is 1. The summed E-state index contributed by atoms with van der Waals surface area (Å²) in [4.78, 5) is 12.7. The second-order valence-corrected chi connectivity index (χ2v) is 7.79. The summed E-state index contributed by atoms with van der Waals surface area (Å²) in [5.41, 5.74) is 2.82. The van der Waals surface area contributed by atoms with E-state index in [0.717, 1.165) is 6.07 Å². The van der Waals surface area contributed by atoms with E-state index in [0.29, 0.717) is 0 Å². The molecule has 2 aromatic rings. The molecular weight excluding hydrogens is 382 g/mol. The van der Waals surface area contributed by atoms with E-state index in [1.165, 1.54) is 42.5 Å². The van der Waals surface area contributed by atoms with Crippen molar-refractivity contribution in [2.75, 3.05) is 0 Å². The average Bonchev–Trinajstić information content (AvgIpc) is 2.86. The lowest BCUT2D eigenvalue weighted by atomic mass is 9.65. The van der Waals surface area contributed by atoms with Crippen LogP contribution in [0.1, 0.15) is 11.1 Å². The summed E-state index contributed by atoms with van der Waals surface area (Å²) in [6.45, 7) is 0. The van der Waals surface area contributed by atoms with Gasteiger partial charge in [0.2, 0.25) is 17.4 Å². The molecule has 6 nitrogen and oxygen atoms in total. The SMILES string of the molecule is [B]C1(c2ccccc2F)OC(N)=C(OS(=O)(=O)C([B])([B])c2ccccc2)C1=O. The molecule has 0 amide bonds. The summed E-state index contributed by atoms with van der Waals surface area (Å²) < 4.78 is 46.7. The third kappa shape index (κ3) is 3.09. The Morgan fingerprint density at radius 1 is 1.07 bits per heavy atom. The fourth-order valence-corrected chi connectivity index (χ4v) is 3.53. The lowest BCUT2D eigenvalue weighted by Gasteiger charge is -2.26. The number of carbonyl (C=O) groups is 1. The number of ketones is 1. The van der Waals surface area contributed by atoms with Crippen LogP contribution in [0.15, 0.2) is 66.2 Å². The van der Waals surface area contributed by atoms with Gasteiger partial charge in [-0.3, -0.25) is 4.79 Å². The van der Waals surface area contributed by atoms with Crippen molar-refractivity contribution in [2.24, 2.45) is 5.73 Å². The molecular formula is C17H11B3FNO5S. The van der Waals surface area contributed by atoms with Crippen LogP contribution in [0.25, 0.3) is 0 Å². The molecule has 6 radical (unpaired) electrons. The van der Waals surface area contributed by atoms with Gasteiger partial charge in [0.1, 0.15) is 5.82 Å². The summed E-state index contributed by atoms with van der Waals surface area (Å²) in [7, 11) is 12.5. The maximum atomic E-state index is 14.1. The first-order valence-corrected chi connectivity index (χ1v) is 9.26. The van der Waals surface area contributed by atoms with Gasteiger partial charge in [-0.1, -0.05) is 48.5 Å². The lowest BCUT2D eigenvalue weighted by molar-refractivity contribution is -0.126. The Morgan fingerprint density at radius 2 is 1.64 bits per heavy atom. The Morgan fingerprint density at radius 3 is 2.25 bits per heavy atom. The van der Waals surface area contributed by atoms with Crippen LogP contribution in [-0.2, 0) is 33.9 Å². The quantitative estimate of drug-likeness (QED) is 0.583. The number of carbonyl (C=O) groups excluding carboxylic acids is 1. The molecule has 0 fully saturated rings. The summed E-state index contributed by atoms with van der Waals surface area (Å²) in [6.07, 6.45) is 0. The van der Waals surface area contributed by atoms with Crippen molar-refractivity contribution in [3.05, 3.63) is 83.2 Å². The average molecular weight is 393 g/mol. The highest BCUT2D eigenvalue weighted by atomic mass is 32.2. The molecule has 1 heterocycles. The Balaban J connectivity index is 1.96. The van der Waals surface area contributed by atoms with Gasteiger partial charge in [-0.15, -0.1) is 0 Å². The van der Waals surface area contributed by atoms with Gasteiger partial charge in [0.15, 0.2) is 13.3 Å². The highest BCUT2D eigenvalue weighted by molar-refractivity contribution is 7.90. The van der Waals surface area contributed by atoms with E-state index in [2.05, 4.69) is 0 Å². The van der Waals surface area contributed by atoms with Gasteiger partial charge in [-0.05, 0) is 11.6 Å². The smallest absolute Gasteiger partial charge is 0.302 e. The Labute approximate surface area is 165 Å². The number of ether oxygens (including phenoxy) is 1. The number of Topliss-reactive ketones (excluding diaryl/α,β-unsaturated/α-hetero) is 1. The lowest BCUT2D eigenvalue weighted by Crippen LogP contribution is -2.40. The first-order valence-electron chi connectivity index (χ1n) is 7.85. The van der Waals surface area contributed by atoms with E-state index < -0.39 is 43.4 Å². The first kappa shape index (κ1) is 20.1. The van der Waals surface area contributed by atoms with Crippen LogP contribution in [0.4, 0.5) is 4.39 Å². The molecule has 0 saturated heterocycles. The fraction of sp³-hybridized carbons (Fsp3) is 0.118. The minimum absolute atomic E-state index is 0.00588. The molecule has 1 atom stereocenters. The minimum atomic E-state index is -4.84. The van der Waals surface area contributed by atoms with Crippen molar-refractivity contribution in [2.45, 2.75) is 10.0 Å². The molecule has 11 heteroatoms. The number of hydrogen-bond acceptors (Lipinski definition) is 6. The van der Waals surface area contributed by atoms with E-state index in [9.17, 15) is 17.6 Å². The maximum Gasteiger partial charge on any atom is 0.302 e. The van der Waals surface area contributed by atoms with Crippen molar-refractivity contribution >= 4 is 39.4 Å². The van der Waals surface area contributed by atoms with Crippen molar-refractivity contribution < 1.29 is 26.5 Å².